The molecule has 0 spiro atoms. The monoisotopic (exact) mass is 403 g/mol. The molecule has 3 heterocycles. The standard InChI is InChI=1S/C24H26FN5/c25-19-14-18-16-26-24(15-23(18)29(17-19)21-6-3-1-2-4-7-21)28-20-8-10-22(11-9-20)30-13-5-12-27-30/h5,8-16,21H,1-4,6-7,17H2,(H,26,28). The number of hydrogen-bond acceptors (Lipinski definition) is 4. The van der Waals surface area contributed by atoms with Crippen LogP contribution in [0.25, 0.3) is 11.8 Å². The van der Waals surface area contributed by atoms with E-state index in [0.717, 1.165) is 41.3 Å². The zero-order valence-electron chi connectivity index (χ0n) is 17.0. The fourth-order valence-electron chi connectivity index (χ4n) is 4.51. The maximum atomic E-state index is 14.3. The Labute approximate surface area is 176 Å². The van der Waals surface area contributed by atoms with Crippen molar-refractivity contribution in [3.05, 3.63) is 66.4 Å². The maximum Gasteiger partial charge on any atom is 0.132 e. The first-order chi connectivity index (χ1) is 14.8. The van der Waals surface area contributed by atoms with Gasteiger partial charge in [0.15, 0.2) is 0 Å². The number of pyridine rings is 1. The van der Waals surface area contributed by atoms with Crippen LogP contribution in [0, 0.1) is 0 Å². The van der Waals surface area contributed by atoms with Crippen molar-refractivity contribution in [2.75, 3.05) is 16.8 Å². The van der Waals surface area contributed by atoms with E-state index in [1.807, 2.05) is 41.2 Å². The van der Waals surface area contributed by atoms with Crippen molar-refractivity contribution in [1.82, 2.24) is 14.8 Å². The second kappa shape index (κ2) is 8.30. The number of nitrogens with one attached hydrogen (secondary N) is 1. The number of nitrogens with zero attached hydrogens (tertiary/aromatic N) is 4. The second-order valence-electron chi connectivity index (χ2n) is 8.12. The minimum atomic E-state index is -0.0801. The van der Waals surface area contributed by atoms with Crippen molar-refractivity contribution < 1.29 is 4.39 Å². The van der Waals surface area contributed by atoms with Gasteiger partial charge >= 0.3 is 0 Å². The molecule has 1 aliphatic heterocycles. The highest BCUT2D eigenvalue weighted by molar-refractivity contribution is 5.75. The molecule has 0 amide bonds. The second-order valence-corrected chi connectivity index (χ2v) is 8.12. The predicted octanol–water partition coefficient (Wildman–Crippen LogP) is 5.86. The average Bonchev–Trinajstić information content (AvgIpc) is 3.17. The van der Waals surface area contributed by atoms with Gasteiger partial charge in [0, 0.05) is 47.6 Å². The summed E-state index contributed by atoms with van der Waals surface area (Å²) in [4.78, 5) is 6.78. The Morgan fingerprint density at radius 3 is 2.57 bits per heavy atom. The molecule has 3 aromatic rings. The van der Waals surface area contributed by atoms with E-state index < -0.39 is 0 Å². The summed E-state index contributed by atoms with van der Waals surface area (Å²) < 4.78 is 16.2. The number of rotatable bonds is 4. The van der Waals surface area contributed by atoms with Crippen molar-refractivity contribution >= 4 is 23.3 Å². The molecule has 5 rings (SSSR count). The molecule has 154 valence electrons. The van der Waals surface area contributed by atoms with Gasteiger partial charge in [-0.25, -0.2) is 14.1 Å². The Kier molecular flexibility index (Phi) is 5.22. The van der Waals surface area contributed by atoms with Crippen LogP contribution in [0.5, 0.6) is 0 Å². The number of hydrogen-bond donors (Lipinski definition) is 1. The molecule has 1 aliphatic carbocycles. The van der Waals surface area contributed by atoms with Crippen LogP contribution < -0.4 is 10.2 Å². The van der Waals surface area contributed by atoms with Crippen LogP contribution >= 0.6 is 0 Å². The lowest BCUT2D eigenvalue weighted by molar-refractivity contribution is 0.505. The molecular weight excluding hydrogens is 377 g/mol. The summed E-state index contributed by atoms with van der Waals surface area (Å²) in [6.45, 7) is 0.361. The van der Waals surface area contributed by atoms with E-state index in [-0.39, 0.29) is 5.83 Å². The molecule has 30 heavy (non-hydrogen) atoms. The van der Waals surface area contributed by atoms with E-state index >= 15 is 0 Å². The van der Waals surface area contributed by atoms with Crippen molar-refractivity contribution in [2.24, 2.45) is 0 Å². The molecule has 2 aliphatic rings. The lowest BCUT2D eigenvalue weighted by Gasteiger charge is -2.36. The molecule has 1 N–H and O–H groups in total. The number of fused-ring (bicyclic) bond motifs is 1. The van der Waals surface area contributed by atoms with Crippen LogP contribution in [0.4, 0.5) is 21.6 Å². The predicted molar refractivity (Wildman–Crippen MR) is 119 cm³/mol. The molecule has 5 nitrogen and oxygen atoms in total. The van der Waals surface area contributed by atoms with Crippen molar-refractivity contribution in [3.8, 4) is 5.69 Å². The maximum absolute atomic E-state index is 14.3. The molecule has 1 saturated carbocycles. The summed E-state index contributed by atoms with van der Waals surface area (Å²) in [7, 11) is 0. The SMILES string of the molecule is FC1=Cc2cnc(Nc3ccc(-n4cccn4)cc3)cc2N(C2CCCCCC2)C1. The van der Waals surface area contributed by atoms with E-state index in [0.29, 0.717) is 12.6 Å². The number of benzene rings is 1. The van der Waals surface area contributed by atoms with E-state index in [2.05, 4.69) is 26.4 Å². The van der Waals surface area contributed by atoms with E-state index in [1.54, 1.807) is 18.5 Å². The molecular formula is C24H26FN5. The highest BCUT2D eigenvalue weighted by Gasteiger charge is 2.26. The van der Waals surface area contributed by atoms with Crippen molar-refractivity contribution in [3.63, 3.8) is 0 Å². The Bertz CT molecular complexity index is 1020. The summed E-state index contributed by atoms with van der Waals surface area (Å²) in [6.07, 6.45) is 14.4. The molecule has 0 unspecified atom stereocenters. The van der Waals surface area contributed by atoms with Crippen molar-refractivity contribution in [1.29, 1.82) is 0 Å². The van der Waals surface area contributed by atoms with E-state index in [9.17, 15) is 4.39 Å². The lowest BCUT2D eigenvalue weighted by atomic mass is 10.0. The molecule has 0 saturated heterocycles. The van der Waals surface area contributed by atoms with Gasteiger partial charge in [0.1, 0.15) is 11.6 Å². The van der Waals surface area contributed by atoms with Crippen LogP contribution in [0.2, 0.25) is 0 Å². The van der Waals surface area contributed by atoms with Gasteiger partial charge < -0.3 is 10.2 Å². The zero-order valence-corrected chi connectivity index (χ0v) is 17.0. The smallest absolute Gasteiger partial charge is 0.132 e. The van der Waals surface area contributed by atoms with E-state index in [1.165, 1.54) is 25.7 Å². The lowest BCUT2D eigenvalue weighted by Crippen LogP contribution is -2.38. The molecule has 1 aromatic carbocycles. The highest BCUT2D eigenvalue weighted by atomic mass is 19.1. The van der Waals surface area contributed by atoms with Crippen molar-refractivity contribution in [2.45, 2.75) is 44.6 Å². The fourth-order valence-corrected chi connectivity index (χ4v) is 4.51. The number of anilines is 3. The quantitative estimate of drug-likeness (QED) is 0.554. The minimum Gasteiger partial charge on any atom is -0.361 e. The summed E-state index contributed by atoms with van der Waals surface area (Å²) in [5, 5.41) is 7.65. The van der Waals surface area contributed by atoms with Gasteiger partial charge in [-0.3, -0.25) is 0 Å². The van der Waals surface area contributed by atoms with E-state index in [4.69, 9.17) is 0 Å². The van der Waals surface area contributed by atoms with Crippen LogP contribution in [-0.4, -0.2) is 27.4 Å². The minimum absolute atomic E-state index is 0.0801. The molecule has 0 atom stereocenters. The summed E-state index contributed by atoms with van der Waals surface area (Å²) >= 11 is 0. The van der Waals surface area contributed by atoms with Crippen LogP contribution in [0.1, 0.15) is 44.1 Å². The zero-order chi connectivity index (χ0) is 20.3. The Hall–Kier alpha value is -3.15. The van der Waals surface area contributed by atoms with Gasteiger partial charge in [-0.1, -0.05) is 25.7 Å². The Morgan fingerprint density at radius 1 is 1.03 bits per heavy atom. The third-order valence-electron chi connectivity index (χ3n) is 6.03. The van der Waals surface area contributed by atoms with Crippen LogP contribution in [0.15, 0.2) is 60.8 Å². The molecule has 0 radical (unpaired) electrons. The molecule has 0 bridgehead atoms. The molecule has 2 aromatic heterocycles. The average molecular weight is 404 g/mol. The van der Waals surface area contributed by atoms with Gasteiger partial charge in [0.05, 0.1) is 12.2 Å². The normalized spacial score (nSPS) is 17.2. The first-order valence-electron chi connectivity index (χ1n) is 10.8. The largest absolute Gasteiger partial charge is 0.361 e. The Balaban J connectivity index is 1.39. The summed E-state index contributed by atoms with van der Waals surface area (Å²) in [5.41, 5.74) is 3.90. The van der Waals surface area contributed by atoms with Gasteiger partial charge in [-0.2, -0.15) is 5.10 Å². The topological polar surface area (TPSA) is 46.0 Å². The van der Waals surface area contributed by atoms with Gasteiger partial charge in [-0.15, -0.1) is 0 Å². The molecule has 1 fully saturated rings. The van der Waals surface area contributed by atoms with Crippen LogP contribution in [-0.2, 0) is 0 Å². The van der Waals surface area contributed by atoms with Crippen LogP contribution in [0.3, 0.4) is 0 Å². The third-order valence-corrected chi connectivity index (χ3v) is 6.03. The summed E-state index contributed by atoms with van der Waals surface area (Å²) in [6, 6.07) is 12.4. The Morgan fingerprint density at radius 2 is 1.83 bits per heavy atom. The van der Waals surface area contributed by atoms with Gasteiger partial charge in [-0.05, 0) is 49.2 Å². The first-order valence-corrected chi connectivity index (χ1v) is 10.8. The highest BCUT2D eigenvalue weighted by Crippen LogP contribution is 2.36. The number of aromatic nitrogens is 3. The third kappa shape index (κ3) is 3.95. The van der Waals surface area contributed by atoms with Gasteiger partial charge in [0.2, 0.25) is 0 Å². The first kappa shape index (κ1) is 18.9. The fraction of sp³-hybridized carbons (Fsp3) is 0.333. The van der Waals surface area contributed by atoms with Gasteiger partial charge in [0.25, 0.3) is 0 Å². The molecule has 6 heteroatoms. The summed E-state index contributed by atoms with van der Waals surface area (Å²) in [5.74, 6) is 0.693. The number of halogens is 1.